The quantitative estimate of drug-likeness (QED) is 0.809. The van der Waals surface area contributed by atoms with Gasteiger partial charge in [0.1, 0.15) is 0 Å². The predicted molar refractivity (Wildman–Crippen MR) is 75.5 cm³/mol. The van der Waals surface area contributed by atoms with Gasteiger partial charge in [-0.15, -0.1) is 0 Å². The van der Waals surface area contributed by atoms with Gasteiger partial charge in [-0.1, -0.05) is 0 Å². The molecule has 0 radical (unpaired) electrons. The number of hydrogen-bond acceptors (Lipinski definition) is 5. The fourth-order valence-electron chi connectivity index (χ4n) is 2.00. The molecule has 1 fully saturated rings. The molecule has 112 valence electrons. The van der Waals surface area contributed by atoms with Crippen LogP contribution in [0.3, 0.4) is 0 Å². The van der Waals surface area contributed by atoms with Crippen molar-refractivity contribution in [2.75, 3.05) is 12.8 Å². The Morgan fingerprint density at radius 2 is 1.60 bits per heavy atom. The minimum absolute atomic E-state index is 0.0350. The van der Waals surface area contributed by atoms with Crippen LogP contribution in [0.4, 0.5) is 0 Å². The van der Waals surface area contributed by atoms with Crippen molar-refractivity contribution in [2.24, 2.45) is 5.73 Å². The highest BCUT2D eigenvalue weighted by Crippen LogP contribution is 2.28. The van der Waals surface area contributed by atoms with Gasteiger partial charge in [0.25, 0.3) is 0 Å². The Morgan fingerprint density at radius 1 is 1.10 bits per heavy atom. The molecule has 0 heterocycles. The Bertz CT molecular complexity index is 689. The highest BCUT2D eigenvalue weighted by molar-refractivity contribution is 7.90. The minimum atomic E-state index is -3.66. The van der Waals surface area contributed by atoms with E-state index in [4.69, 9.17) is 5.73 Å². The fourth-order valence-corrected chi connectivity index (χ4v) is 3.76. The first-order valence-electron chi connectivity index (χ1n) is 6.21. The Morgan fingerprint density at radius 3 is 2.00 bits per heavy atom. The van der Waals surface area contributed by atoms with Crippen LogP contribution in [0.2, 0.25) is 0 Å². The van der Waals surface area contributed by atoms with Gasteiger partial charge in [-0.25, -0.2) is 21.6 Å². The molecule has 0 aromatic heterocycles. The van der Waals surface area contributed by atoms with E-state index >= 15 is 0 Å². The average molecular weight is 318 g/mol. The number of rotatable bonds is 5. The van der Waals surface area contributed by atoms with E-state index in [2.05, 4.69) is 4.72 Å². The predicted octanol–water partition coefficient (Wildman–Crippen LogP) is 0.250. The molecule has 0 aliphatic heterocycles. The van der Waals surface area contributed by atoms with Crippen molar-refractivity contribution in [1.29, 1.82) is 0 Å². The monoisotopic (exact) mass is 318 g/mol. The van der Waals surface area contributed by atoms with E-state index in [9.17, 15) is 16.8 Å². The van der Waals surface area contributed by atoms with Gasteiger partial charge in [0.15, 0.2) is 9.84 Å². The minimum Gasteiger partial charge on any atom is -0.324 e. The maximum atomic E-state index is 12.1. The third-order valence-electron chi connectivity index (χ3n) is 3.53. The summed E-state index contributed by atoms with van der Waals surface area (Å²) in [5.74, 6) is 0. The lowest BCUT2D eigenvalue weighted by molar-refractivity contribution is 0.251. The number of nitrogens with two attached hydrogens (primary N) is 1. The molecule has 0 saturated heterocycles. The van der Waals surface area contributed by atoms with Crippen molar-refractivity contribution in [2.45, 2.75) is 34.6 Å². The summed E-state index contributed by atoms with van der Waals surface area (Å²) in [5.41, 5.74) is 5.52. The normalized spacial score (nSPS) is 18.5. The van der Waals surface area contributed by atoms with Gasteiger partial charge >= 0.3 is 0 Å². The van der Waals surface area contributed by atoms with Gasteiger partial charge in [-0.2, -0.15) is 0 Å². The van der Waals surface area contributed by atoms with E-state index in [1.165, 1.54) is 24.3 Å². The zero-order valence-corrected chi connectivity index (χ0v) is 12.8. The first-order chi connectivity index (χ1) is 9.12. The average Bonchev–Trinajstić information content (AvgIpc) is 2.33. The van der Waals surface area contributed by atoms with E-state index in [1.54, 1.807) is 0 Å². The molecule has 1 aromatic carbocycles. The molecule has 20 heavy (non-hydrogen) atoms. The summed E-state index contributed by atoms with van der Waals surface area (Å²) in [6, 6.07) is 5.13. The summed E-state index contributed by atoms with van der Waals surface area (Å²) in [6.45, 7) is 0.198. The van der Waals surface area contributed by atoms with Crippen molar-refractivity contribution in [3.63, 3.8) is 0 Å². The second-order valence-electron chi connectivity index (χ2n) is 5.28. The molecule has 0 spiro atoms. The van der Waals surface area contributed by atoms with Gasteiger partial charge in [-0.05, 0) is 43.5 Å². The van der Waals surface area contributed by atoms with Crippen LogP contribution >= 0.6 is 0 Å². The fraction of sp³-hybridized carbons (Fsp3) is 0.500. The smallest absolute Gasteiger partial charge is 0.240 e. The van der Waals surface area contributed by atoms with E-state index in [0.717, 1.165) is 25.5 Å². The topological polar surface area (TPSA) is 106 Å². The van der Waals surface area contributed by atoms with Crippen molar-refractivity contribution in [1.82, 2.24) is 4.72 Å². The van der Waals surface area contributed by atoms with Gasteiger partial charge in [0, 0.05) is 18.3 Å². The lowest BCUT2D eigenvalue weighted by atomic mass is 9.78. The Balaban J connectivity index is 2.13. The number of hydrogen-bond donors (Lipinski definition) is 2. The van der Waals surface area contributed by atoms with Crippen molar-refractivity contribution in [3.8, 4) is 0 Å². The summed E-state index contributed by atoms with van der Waals surface area (Å²) < 4.78 is 49.2. The number of nitrogens with one attached hydrogen (secondary N) is 1. The van der Waals surface area contributed by atoms with Gasteiger partial charge in [-0.3, -0.25) is 0 Å². The molecule has 0 atom stereocenters. The van der Waals surface area contributed by atoms with E-state index in [1.807, 2.05) is 0 Å². The lowest BCUT2D eigenvalue weighted by Crippen LogP contribution is -2.54. The van der Waals surface area contributed by atoms with E-state index in [0.29, 0.717) is 0 Å². The Labute approximate surface area is 119 Å². The zero-order valence-electron chi connectivity index (χ0n) is 11.2. The third-order valence-corrected chi connectivity index (χ3v) is 6.07. The maximum Gasteiger partial charge on any atom is 0.240 e. The molecule has 1 saturated carbocycles. The van der Waals surface area contributed by atoms with Crippen molar-refractivity contribution < 1.29 is 16.8 Å². The summed E-state index contributed by atoms with van der Waals surface area (Å²) >= 11 is 0. The number of sulfonamides is 1. The summed E-state index contributed by atoms with van der Waals surface area (Å²) in [6.07, 6.45) is 3.70. The standard InChI is InChI=1S/C12H18N2O4S2/c1-19(15,16)10-3-5-11(6-4-10)20(17,18)14-9-12(13)7-2-8-12/h3-6,14H,2,7-9,13H2,1H3. The van der Waals surface area contributed by atoms with Crippen LogP contribution in [0.1, 0.15) is 19.3 Å². The zero-order chi connectivity index (χ0) is 15.0. The highest BCUT2D eigenvalue weighted by atomic mass is 32.2. The molecule has 0 bridgehead atoms. The second-order valence-corrected chi connectivity index (χ2v) is 9.07. The van der Waals surface area contributed by atoms with Gasteiger partial charge in [0.2, 0.25) is 10.0 Å². The van der Waals surface area contributed by atoms with Crippen molar-refractivity contribution in [3.05, 3.63) is 24.3 Å². The van der Waals surface area contributed by atoms with Gasteiger partial charge < -0.3 is 5.73 Å². The molecule has 1 aromatic rings. The van der Waals surface area contributed by atoms with Crippen LogP contribution < -0.4 is 10.5 Å². The van der Waals surface area contributed by atoms with Crippen LogP contribution in [0.25, 0.3) is 0 Å². The molecule has 2 rings (SSSR count). The molecule has 0 unspecified atom stereocenters. The summed E-state index contributed by atoms with van der Waals surface area (Å²) in [7, 11) is -6.99. The van der Waals surface area contributed by atoms with E-state index in [-0.39, 0.29) is 16.3 Å². The first-order valence-corrected chi connectivity index (χ1v) is 9.59. The molecular formula is C12H18N2O4S2. The molecule has 1 aliphatic carbocycles. The van der Waals surface area contributed by atoms with Crippen LogP contribution in [-0.4, -0.2) is 35.2 Å². The lowest BCUT2D eigenvalue weighted by Gasteiger charge is -2.37. The highest BCUT2D eigenvalue weighted by Gasteiger charge is 2.33. The number of benzene rings is 1. The largest absolute Gasteiger partial charge is 0.324 e. The van der Waals surface area contributed by atoms with Crippen molar-refractivity contribution >= 4 is 19.9 Å². The first kappa shape index (κ1) is 15.4. The molecule has 1 aliphatic rings. The van der Waals surface area contributed by atoms with Crippen LogP contribution in [-0.2, 0) is 19.9 Å². The van der Waals surface area contributed by atoms with Crippen LogP contribution in [0, 0.1) is 0 Å². The third kappa shape index (κ3) is 3.38. The van der Waals surface area contributed by atoms with Crippen LogP contribution in [0.5, 0.6) is 0 Å². The molecule has 3 N–H and O–H groups in total. The van der Waals surface area contributed by atoms with Crippen LogP contribution in [0.15, 0.2) is 34.1 Å². The molecule has 6 nitrogen and oxygen atoms in total. The number of sulfone groups is 1. The van der Waals surface area contributed by atoms with Gasteiger partial charge in [0.05, 0.1) is 9.79 Å². The summed E-state index contributed by atoms with van der Waals surface area (Å²) in [5, 5.41) is 0. The molecular weight excluding hydrogens is 300 g/mol. The molecule has 0 amide bonds. The summed E-state index contributed by atoms with van der Waals surface area (Å²) in [4.78, 5) is 0.124. The Kier molecular flexibility index (Phi) is 3.94. The SMILES string of the molecule is CS(=O)(=O)c1ccc(S(=O)(=O)NCC2(N)CCC2)cc1. The van der Waals surface area contributed by atoms with E-state index < -0.39 is 25.4 Å². The molecule has 8 heteroatoms. The second kappa shape index (κ2) is 5.10. The Hall–Kier alpha value is -0.960. The maximum absolute atomic E-state index is 12.1.